The van der Waals surface area contributed by atoms with Crippen molar-refractivity contribution in [1.29, 1.82) is 0 Å². The van der Waals surface area contributed by atoms with Crippen molar-refractivity contribution >= 4 is 26.0 Å². The van der Waals surface area contributed by atoms with Gasteiger partial charge in [-0.25, -0.2) is 13.1 Å². The Morgan fingerprint density at radius 2 is 2.00 bits per heavy atom. The normalized spacial score (nSPS) is 11.4. The fraction of sp³-hybridized carbons (Fsp3) is 0.0833. The number of sulfonamides is 1. The van der Waals surface area contributed by atoms with Gasteiger partial charge in [0.05, 0.1) is 4.90 Å². The number of H-pyrrole nitrogens is 1. The maximum atomic E-state index is 12.0. The van der Waals surface area contributed by atoms with E-state index in [4.69, 9.17) is 0 Å². The van der Waals surface area contributed by atoms with Crippen LogP contribution in [-0.2, 0) is 16.6 Å². The van der Waals surface area contributed by atoms with E-state index in [1.165, 1.54) is 18.3 Å². The number of pyridine rings is 1. The first-order valence-electron chi connectivity index (χ1n) is 5.40. The zero-order chi connectivity index (χ0) is 13.9. The van der Waals surface area contributed by atoms with Gasteiger partial charge in [-0.2, -0.15) is 0 Å². The van der Waals surface area contributed by atoms with E-state index in [-0.39, 0.29) is 17.0 Å². The summed E-state index contributed by atoms with van der Waals surface area (Å²) in [6.45, 7) is 0.181. The summed E-state index contributed by atoms with van der Waals surface area (Å²) in [7, 11) is -3.62. The van der Waals surface area contributed by atoms with Gasteiger partial charge in [-0.05, 0) is 23.8 Å². The number of benzene rings is 1. The van der Waals surface area contributed by atoms with Gasteiger partial charge in [0.1, 0.15) is 0 Å². The van der Waals surface area contributed by atoms with Gasteiger partial charge in [0, 0.05) is 23.3 Å². The summed E-state index contributed by atoms with van der Waals surface area (Å²) in [6, 6.07) is 9.78. The Balaban J connectivity index is 2.14. The van der Waals surface area contributed by atoms with E-state index in [1.54, 1.807) is 0 Å². The molecule has 0 unspecified atom stereocenters. The van der Waals surface area contributed by atoms with E-state index in [0.29, 0.717) is 0 Å². The number of aromatic amines is 1. The van der Waals surface area contributed by atoms with Gasteiger partial charge in [-0.1, -0.05) is 28.1 Å². The minimum atomic E-state index is -3.62. The average molecular weight is 343 g/mol. The topological polar surface area (TPSA) is 79.0 Å². The Morgan fingerprint density at radius 3 is 2.63 bits per heavy atom. The second-order valence-electron chi connectivity index (χ2n) is 3.84. The molecule has 0 spiro atoms. The molecule has 2 N–H and O–H groups in total. The van der Waals surface area contributed by atoms with E-state index in [9.17, 15) is 13.2 Å². The molecule has 2 rings (SSSR count). The summed E-state index contributed by atoms with van der Waals surface area (Å²) in [5, 5.41) is 0. The Morgan fingerprint density at radius 1 is 1.21 bits per heavy atom. The molecule has 7 heteroatoms. The number of aromatic nitrogens is 1. The van der Waals surface area contributed by atoms with Gasteiger partial charge >= 0.3 is 0 Å². The highest BCUT2D eigenvalue weighted by Crippen LogP contribution is 2.12. The van der Waals surface area contributed by atoms with Crippen LogP contribution in [0.15, 0.2) is 56.8 Å². The van der Waals surface area contributed by atoms with Crippen LogP contribution in [0.4, 0.5) is 0 Å². The van der Waals surface area contributed by atoms with Crippen LogP contribution in [-0.4, -0.2) is 13.4 Å². The third kappa shape index (κ3) is 3.76. The summed E-state index contributed by atoms with van der Waals surface area (Å²) in [5.74, 6) is 0. The second-order valence-corrected chi connectivity index (χ2v) is 6.53. The minimum Gasteiger partial charge on any atom is -0.328 e. The lowest BCUT2D eigenvalue weighted by molar-refractivity contribution is 0.581. The van der Waals surface area contributed by atoms with Crippen molar-refractivity contribution in [2.24, 2.45) is 0 Å². The molecule has 5 nitrogen and oxygen atoms in total. The molecule has 2 aromatic rings. The van der Waals surface area contributed by atoms with Gasteiger partial charge in [0.2, 0.25) is 15.6 Å². The van der Waals surface area contributed by atoms with E-state index in [1.807, 2.05) is 24.3 Å². The summed E-state index contributed by atoms with van der Waals surface area (Å²) in [4.78, 5) is 13.3. The molecule has 100 valence electrons. The van der Waals surface area contributed by atoms with Crippen LogP contribution in [0.25, 0.3) is 0 Å². The Kier molecular flexibility index (Phi) is 4.18. The third-order valence-electron chi connectivity index (χ3n) is 2.42. The summed E-state index contributed by atoms with van der Waals surface area (Å²) >= 11 is 3.32. The van der Waals surface area contributed by atoms with E-state index in [2.05, 4.69) is 25.6 Å². The molecule has 0 atom stereocenters. The number of nitrogens with one attached hydrogen (secondary N) is 2. The zero-order valence-corrected chi connectivity index (χ0v) is 12.2. The lowest BCUT2D eigenvalue weighted by Gasteiger charge is -2.06. The first-order chi connectivity index (χ1) is 8.97. The van der Waals surface area contributed by atoms with E-state index in [0.717, 1.165) is 10.0 Å². The highest BCUT2D eigenvalue weighted by Gasteiger charge is 2.13. The molecule has 0 fully saturated rings. The maximum absolute atomic E-state index is 12.0. The molecule has 0 bridgehead atoms. The van der Waals surface area contributed by atoms with Crippen molar-refractivity contribution in [1.82, 2.24) is 9.71 Å². The summed E-state index contributed by atoms with van der Waals surface area (Å²) in [6.07, 6.45) is 1.17. The highest BCUT2D eigenvalue weighted by molar-refractivity contribution is 9.10. The predicted molar refractivity (Wildman–Crippen MR) is 75.2 cm³/mol. The Bertz CT molecular complexity index is 720. The second kappa shape index (κ2) is 5.68. The molecule has 0 radical (unpaired) electrons. The molecule has 1 heterocycles. The van der Waals surface area contributed by atoms with Gasteiger partial charge in [-0.15, -0.1) is 0 Å². The third-order valence-corrected chi connectivity index (χ3v) is 4.31. The van der Waals surface area contributed by atoms with Crippen LogP contribution in [0.3, 0.4) is 0 Å². The molecular formula is C12H11BrN2O3S. The van der Waals surface area contributed by atoms with Crippen molar-refractivity contribution in [3.63, 3.8) is 0 Å². The quantitative estimate of drug-likeness (QED) is 0.885. The van der Waals surface area contributed by atoms with Gasteiger partial charge in [-0.3, -0.25) is 4.79 Å². The largest absolute Gasteiger partial charge is 0.328 e. The van der Waals surface area contributed by atoms with Crippen LogP contribution in [0.5, 0.6) is 0 Å². The van der Waals surface area contributed by atoms with Crippen molar-refractivity contribution in [2.45, 2.75) is 11.4 Å². The molecule has 1 aromatic carbocycles. The van der Waals surface area contributed by atoms with Crippen molar-refractivity contribution in [2.75, 3.05) is 0 Å². The maximum Gasteiger partial charge on any atom is 0.247 e. The molecule has 0 aliphatic carbocycles. The van der Waals surface area contributed by atoms with Crippen LogP contribution < -0.4 is 10.3 Å². The SMILES string of the molecule is O=c1ccc(S(=O)(=O)NCc2cccc(Br)c2)c[nH]1. The molecule has 1 aromatic heterocycles. The zero-order valence-electron chi connectivity index (χ0n) is 9.76. The van der Waals surface area contributed by atoms with Gasteiger partial charge in [0.15, 0.2) is 0 Å². The molecule has 0 amide bonds. The minimum absolute atomic E-state index is 0.0297. The Hall–Kier alpha value is -1.44. The number of halogens is 1. The summed E-state index contributed by atoms with van der Waals surface area (Å²) in [5.41, 5.74) is 0.494. The first-order valence-corrected chi connectivity index (χ1v) is 7.68. The molecule has 0 aliphatic heterocycles. The van der Waals surface area contributed by atoms with Crippen LogP contribution in [0.1, 0.15) is 5.56 Å². The van der Waals surface area contributed by atoms with E-state index < -0.39 is 10.0 Å². The lowest BCUT2D eigenvalue weighted by Crippen LogP contribution is -2.24. The van der Waals surface area contributed by atoms with Gasteiger partial charge < -0.3 is 4.98 Å². The molecule has 0 saturated heterocycles. The van der Waals surface area contributed by atoms with Crippen molar-refractivity contribution < 1.29 is 8.42 Å². The number of hydrogen-bond acceptors (Lipinski definition) is 3. The first kappa shape index (κ1) is 14.0. The summed E-state index contributed by atoms with van der Waals surface area (Å²) < 4.78 is 27.3. The van der Waals surface area contributed by atoms with E-state index >= 15 is 0 Å². The lowest BCUT2D eigenvalue weighted by atomic mass is 10.2. The fourth-order valence-corrected chi connectivity index (χ4v) is 2.90. The van der Waals surface area contributed by atoms with Gasteiger partial charge in [0.25, 0.3) is 0 Å². The van der Waals surface area contributed by atoms with Crippen molar-refractivity contribution in [3.8, 4) is 0 Å². The monoisotopic (exact) mass is 342 g/mol. The Labute approximate surface area is 118 Å². The van der Waals surface area contributed by atoms with Crippen LogP contribution in [0, 0.1) is 0 Å². The predicted octanol–water partition coefficient (Wildman–Crippen LogP) is 1.62. The van der Waals surface area contributed by atoms with Crippen LogP contribution in [0.2, 0.25) is 0 Å². The number of hydrogen-bond donors (Lipinski definition) is 2. The molecule has 0 saturated carbocycles. The fourth-order valence-electron chi connectivity index (χ4n) is 1.47. The highest BCUT2D eigenvalue weighted by atomic mass is 79.9. The smallest absolute Gasteiger partial charge is 0.247 e. The molecule has 19 heavy (non-hydrogen) atoms. The number of rotatable bonds is 4. The van der Waals surface area contributed by atoms with Crippen molar-refractivity contribution in [3.05, 3.63) is 63.0 Å². The average Bonchev–Trinajstić information content (AvgIpc) is 2.37. The van der Waals surface area contributed by atoms with Crippen LogP contribution >= 0.6 is 15.9 Å². The standard InChI is InChI=1S/C12H11BrN2O3S/c13-10-3-1-2-9(6-10)7-15-19(17,18)11-4-5-12(16)14-8-11/h1-6,8,15H,7H2,(H,14,16). The molecule has 0 aliphatic rings. The molecular weight excluding hydrogens is 332 g/mol.